The Morgan fingerprint density at radius 2 is 1.81 bits per heavy atom. The van der Waals surface area contributed by atoms with E-state index in [1.54, 1.807) is 38.4 Å². The molecule has 0 bridgehead atoms. The summed E-state index contributed by atoms with van der Waals surface area (Å²) in [6.45, 7) is 2.16. The van der Waals surface area contributed by atoms with Crippen LogP contribution in [-0.4, -0.2) is 31.0 Å². The predicted molar refractivity (Wildman–Crippen MR) is 142 cm³/mol. The highest BCUT2D eigenvalue weighted by Crippen LogP contribution is 2.42. The molecule has 0 amide bonds. The van der Waals surface area contributed by atoms with Gasteiger partial charge in [-0.1, -0.05) is 23.2 Å². The van der Waals surface area contributed by atoms with Gasteiger partial charge in [-0.3, -0.25) is 14.1 Å². The fourth-order valence-corrected chi connectivity index (χ4v) is 6.20. The maximum atomic E-state index is 13.8. The number of halogens is 3. The first kappa shape index (κ1) is 25.0. The molecule has 1 aliphatic carbocycles. The summed E-state index contributed by atoms with van der Waals surface area (Å²) in [6.07, 6.45) is 3.67. The van der Waals surface area contributed by atoms with Crippen molar-refractivity contribution in [2.75, 3.05) is 16.6 Å². The largest absolute Gasteiger partial charge is 0.318 e. The molecule has 6 nitrogen and oxygen atoms in total. The van der Waals surface area contributed by atoms with E-state index in [9.17, 15) is 17.6 Å². The molecule has 0 unspecified atom stereocenters. The lowest BCUT2D eigenvalue weighted by Crippen LogP contribution is -2.34. The monoisotopic (exact) mass is 547 g/mol. The summed E-state index contributed by atoms with van der Waals surface area (Å²) in [5, 5.41) is 0.440. The second kappa shape index (κ2) is 9.32. The van der Waals surface area contributed by atoms with Crippen molar-refractivity contribution in [3.05, 3.63) is 85.5 Å². The standard InChI is InChI=1S/C26H24Cl2FN3O3S/c1-3-36(34,35)32(13-15-4-5-15)24-11-19-20(10-23(24)28)26(18-7-6-17(29)9-22(18)27)30-12-16-8-25(33)31(2)14-21(16)19/h6-11,14-15H,3-5,12-13H2,1-2H3. The molecule has 3 aromatic rings. The molecule has 2 heterocycles. The lowest BCUT2D eigenvalue weighted by molar-refractivity contribution is 0.589. The number of nitrogens with zero attached hydrogens (tertiary/aromatic N) is 3. The van der Waals surface area contributed by atoms with Crippen LogP contribution in [0.3, 0.4) is 0 Å². The fourth-order valence-electron chi connectivity index (χ4n) is 4.43. The Bertz CT molecular complexity index is 1580. The Balaban J connectivity index is 1.79. The Morgan fingerprint density at radius 1 is 1.06 bits per heavy atom. The fraction of sp³-hybridized carbons (Fsp3) is 0.308. The third-order valence-corrected chi connectivity index (χ3v) is 8.99. The Labute approximate surface area is 219 Å². The molecule has 0 N–H and O–H groups in total. The van der Waals surface area contributed by atoms with E-state index in [2.05, 4.69) is 0 Å². The Morgan fingerprint density at radius 3 is 2.47 bits per heavy atom. The van der Waals surface area contributed by atoms with Gasteiger partial charge in [0.15, 0.2) is 0 Å². The summed E-state index contributed by atoms with van der Waals surface area (Å²) in [5.74, 6) is -0.237. The van der Waals surface area contributed by atoms with Gasteiger partial charge in [-0.05, 0) is 67.1 Å². The van der Waals surface area contributed by atoms with Crippen LogP contribution in [0.5, 0.6) is 0 Å². The summed E-state index contributed by atoms with van der Waals surface area (Å²) >= 11 is 13.2. The number of hydrogen-bond acceptors (Lipinski definition) is 4. The molecule has 10 heteroatoms. The van der Waals surface area contributed by atoms with E-state index >= 15 is 0 Å². The van der Waals surface area contributed by atoms with Crippen LogP contribution in [0.2, 0.25) is 10.0 Å². The molecule has 1 fully saturated rings. The van der Waals surface area contributed by atoms with E-state index in [1.165, 1.54) is 27.1 Å². The van der Waals surface area contributed by atoms with Gasteiger partial charge in [0.25, 0.3) is 5.56 Å². The van der Waals surface area contributed by atoms with Crippen molar-refractivity contribution in [1.29, 1.82) is 0 Å². The number of aryl methyl sites for hydroxylation is 1. The van der Waals surface area contributed by atoms with Crippen LogP contribution in [0.1, 0.15) is 36.5 Å². The van der Waals surface area contributed by atoms with E-state index in [1.807, 2.05) is 0 Å². The zero-order valence-corrected chi connectivity index (χ0v) is 22.1. The number of hydrogen-bond donors (Lipinski definition) is 0. The van der Waals surface area contributed by atoms with Crippen molar-refractivity contribution in [3.63, 3.8) is 0 Å². The third kappa shape index (κ3) is 4.58. The summed E-state index contributed by atoms with van der Waals surface area (Å²) in [7, 11) is -1.94. The molecule has 0 spiro atoms. The molecule has 1 aromatic heterocycles. The molecule has 188 valence electrons. The maximum Gasteiger partial charge on any atom is 0.250 e. The lowest BCUT2D eigenvalue weighted by Gasteiger charge is -2.26. The highest BCUT2D eigenvalue weighted by Gasteiger charge is 2.33. The topological polar surface area (TPSA) is 71.7 Å². The molecule has 2 aliphatic rings. The van der Waals surface area contributed by atoms with Crippen molar-refractivity contribution in [1.82, 2.24) is 4.57 Å². The van der Waals surface area contributed by atoms with Crippen molar-refractivity contribution in [2.45, 2.75) is 26.3 Å². The van der Waals surface area contributed by atoms with Gasteiger partial charge < -0.3 is 4.57 Å². The van der Waals surface area contributed by atoms with Gasteiger partial charge >= 0.3 is 0 Å². The van der Waals surface area contributed by atoms with E-state index < -0.39 is 15.8 Å². The van der Waals surface area contributed by atoms with Crippen LogP contribution in [0, 0.1) is 11.7 Å². The predicted octanol–water partition coefficient (Wildman–Crippen LogP) is 5.42. The summed E-state index contributed by atoms with van der Waals surface area (Å²) < 4.78 is 42.9. The molecule has 36 heavy (non-hydrogen) atoms. The van der Waals surface area contributed by atoms with E-state index in [-0.39, 0.29) is 27.9 Å². The van der Waals surface area contributed by atoms with Gasteiger partial charge in [-0.15, -0.1) is 0 Å². The number of aliphatic imine (C=N–C) groups is 1. The minimum Gasteiger partial charge on any atom is -0.318 e. The number of aromatic nitrogens is 1. The third-order valence-electron chi connectivity index (χ3n) is 6.63. The minimum atomic E-state index is -3.60. The van der Waals surface area contributed by atoms with Gasteiger partial charge in [0.05, 0.1) is 33.7 Å². The van der Waals surface area contributed by atoms with Gasteiger partial charge in [0.2, 0.25) is 10.0 Å². The molecular weight excluding hydrogens is 524 g/mol. The van der Waals surface area contributed by atoms with Gasteiger partial charge in [-0.2, -0.15) is 0 Å². The van der Waals surface area contributed by atoms with Crippen molar-refractivity contribution >= 4 is 44.6 Å². The average Bonchev–Trinajstić information content (AvgIpc) is 3.66. The van der Waals surface area contributed by atoms with Crippen LogP contribution >= 0.6 is 23.2 Å². The van der Waals surface area contributed by atoms with E-state index in [4.69, 9.17) is 28.2 Å². The molecule has 5 rings (SSSR count). The van der Waals surface area contributed by atoms with E-state index in [0.29, 0.717) is 46.1 Å². The second-order valence-electron chi connectivity index (χ2n) is 9.17. The highest BCUT2D eigenvalue weighted by molar-refractivity contribution is 7.92. The molecule has 0 atom stereocenters. The van der Waals surface area contributed by atoms with E-state index in [0.717, 1.165) is 18.4 Å². The summed E-state index contributed by atoms with van der Waals surface area (Å²) in [6, 6.07) is 9.05. The zero-order valence-electron chi connectivity index (χ0n) is 19.8. The van der Waals surface area contributed by atoms with Gasteiger partial charge in [0.1, 0.15) is 5.82 Å². The normalized spacial score (nSPS) is 15.1. The lowest BCUT2D eigenvalue weighted by atomic mass is 9.92. The first-order chi connectivity index (χ1) is 17.1. The molecule has 1 saturated carbocycles. The van der Waals surface area contributed by atoms with Gasteiger partial charge in [-0.25, -0.2) is 12.8 Å². The van der Waals surface area contributed by atoms with Crippen LogP contribution in [-0.2, 0) is 23.6 Å². The number of benzene rings is 2. The first-order valence-electron chi connectivity index (χ1n) is 11.6. The maximum absolute atomic E-state index is 13.8. The number of pyridine rings is 1. The van der Waals surface area contributed by atoms with Crippen LogP contribution in [0.15, 0.2) is 52.4 Å². The van der Waals surface area contributed by atoms with Gasteiger partial charge in [0, 0.05) is 42.5 Å². The Kier molecular flexibility index (Phi) is 6.47. The molecule has 2 aromatic carbocycles. The van der Waals surface area contributed by atoms with Crippen molar-refractivity contribution in [3.8, 4) is 11.1 Å². The number of rotatable bonds is 6. The smallest absolute Gasteiger partial charge is 0.250 e. The van der Waals surface area contributed by atoms with Crippen molar-refractivity contribution < 1.29 is 12.8 Å². The quantitative estimate of drug-likeness (QED) is 0.413. The molecular formula is C26H24Cl2FN3O3S. The van der Waals surface area contributed by atoms with Crippen molar-refractivity contribution in [2.24, 2.45) is 18.0 Å². The molecule has 0 radical (unpaired) electrons. The summed E-state index contributed by atoms with van der Waals surface area (Å²) in [5.41, 5.74) is 3.91. The molecule has 0 saturated heterocycles. The number of sulfonamides is 1. The SMILES string of the molecule is CCS(=O)(=O)N(CC1CC1)c1cc2c(cc1Cl)C(c1ccc(F)cc1Cl)=NCc1cc(=O)n(C)cc1-2. The zero-order chi connectivity index (χ0) is 25.8. The minimum absolute atomic E-state index is 0.0594. The highest BCUT2D eigenvalue weighted by atomic mass is 35.5. The average molecular weight is 548 g/mol. The second-order valence-corrected chi connectivity index (χ2v) is 12.2. The first-order valence-corrected chi connectivity index (χ1v) is 14.0. The Hall–Kier alpha value is -2.68. The summed E-state index contributed by atoms with van der Waals surface area (Å²) in [4.78, 5) is 17.2. The molecule has 1 aliphatic heterocycles. The van der Waals surface area contributed by atoms with Crippen LogP contribution in [0.4, 0.5) is 10.1 Å². The van der Waals surface area contributed by atoms with Crippen LogP contribution < -0.4 is 9.86 Å². The number of anilines is 1. The van der Waals surface area contributed by atoms with Crippen LogP contribution in [0.25, 0.3) is 11.1 Å². The number of fused-ring (bicyclic) bond motifs is 3.